The number of hydrogen-bond donors (Lipinski definition) is 0. The molecule has 108 valence electrons. The van der Waals surface area contributed by atoms with E-state index in [1.54, 1.807) is 0 Å². The van der Waals surface area contributed by atoms with Crippen molar-refractivity contribution >= 4 is 0 Å². The molecule has 1 fully saturated rings. The van der Waals surface area contributed by atoms with Crippen molar-refractivity contribution in [2.45, 2.75) is 90.9 Å². The summed E-state index contributed by atoms with van der Waals surface area (Å²) in [4.78, 5) is 5.29. The van der Waals surface area contributed by atoms with E-state index in [1.165, 1.54) is 25.8 Å². The quantitative estimate of drug-likeness (QED) is 0.740. The normalized spacial score (nSPS) is 27.8. The number of piperidine rings is 1. The van der Waals surface area contributed by atoms with Crippen LogP contribution < -0.4 is 0 Å². The maximum atomic E-state index is 2.71. The molecular formula is C16H34N2. The van der Waals surface area contributed by atoms with E-state index in [0.717, 1.165) is 12.1 Å². The molecule has 2 nitrogen and oxygen atoms in total. The molecule has 0 amide bonds. The van der Waals surface area contributed by atoms with E-state index in [2.05, 4.69) is 65.3 Å². The third-order valence-electron chi connectivity index (χ3n) is 4.63. The number of likely N-dealkylation sites (tertiary alicyclic amines) is 1. The second-order valence-electron chi connectivity index (χ2n) is 7.89. The molecule has 1 saturated heterocycles. The Morgan fingerprint density at radius 2 is 1.67 bits per heavy atom. The highest BCUT2D eigenvalue weighted by Crippen LogP contribution is 2.31. The summed E-state index contributed by atoms with van der Waals surface area (Å²) in [7, 11) is 2.30. The molecule has 0 spiro atoms. The molecule has 1 rings (SSSR count). The van der Waals surface area contributed by atoms with Crippen LogP contribution in [0.25, 0.3) is 0 Å². The molecule has 0 aliphatic carbocycles. The highest BCUT2D eigenvalue weighted by molar-refractivity contribution is 4.93. The summed E-state index contributed by atoms with van der Waals surface area (Å²) in [5.74, 6) is 0. The van der Waals surface area contributed by atoms with Gasteiger partial charge < -0.3 is 0 Å². The Morgan fingerprint density at radius 3 is 2.06 bits per heavy atom. The van der Waals surface area contributed by atoms with Crippen LogP contribution in [0.4, 0.5) is 0 Å². The Balaban J connectivity index is 2.73. The van der Waals surface area contributed by atoms with E-state index in [9.17, 15) is 0 Å². The lowest BCUT2D eigenvalue weighted by Crippen LogP contribution is -2.57. The Kier molecular flexibility index (Phi) is 4.88. The number of rotatable bonds is 2. The lowest BCUT2D eigenvalue weighted by atomic mass is 9.88. The van der Waals surface area contributed by atoms with Crippen LogP contribution in [0, 0.1) is 0 Å². The van der Waals surface area contributed by atoms with Gasteiger partial charge >= 0.3 is 0 Å². The first kappa shape index (κ1) is 16.0. The van der Waals surface area contributed by atoms with Crippen molar-refractivity contribution in [2.75, 3.05) is 13.6 Å². The van der Waals surface area contributed by atoms with Crippen molar-refractivity contribution in [3.05, 3.63) is 0 Å². The topological polar surface area (TPSA) is 6.48 Å². The van der Waals surface area contributed by atoms with E-state index in [-0.39, 0.29) is 5.54 Å². The van der Waals surface area contributed by atoms with Gasteiger partial charge in [-0.3, -0.25) is 9.80 Å². The number of nitrogens with zero attached hydrogens (tertiary/aromatic N) is 2. The second-order valence-corrected chi connectivity index (χ2v) is 7.89. The fourth-order valence-electron chi connectivity index (χ4n) is 3.20. The summed E-state index contributed by atoms with van der Waals surface area (Å²) in [5.41, 5.74) is 0.596. The second kappa shape index (κ2) is 5.50. The van der Waals surface area contributed by atoms with Gasteiger partial charge in [0, 0.05) is 29.7 Å². The van der Waals surface area contributed by atoms with Crippen LogP contribution in [0.1, 0.15) is 67.7 Å². The van der Waals surface area contributed by atoms with Gasteiger partial charge in [0.05, 0.1) is 0 Å². The van der Waals surface area contributed by atoms with Gasteiger partial charge in [0.15, 0.2) is 0 Å². The first-order valence-corrected chi connectivity index (χ1v) is 7.57. The molecule has 1 heterocycles. The van der Waals surface area contributed by atoms with Crippen molar-refractivity contribution < 1.29 is 0 Å². The van der Waals surface area contributed by atoms with Crippen LogP contribution in [-0.4, -0.2) is 46.6 Å². The van der Waals surface area contributed by atoms with Crippen LogP contribution in [0.2, 0.25) is 0 Å². The van der Waals surface area contributed by atoms with E-state index in [1.807, 2.05) is 0 Å². The average Bonchev–Trinajstić information content (AvgIpc) is 2.24. The fraction of sp³-hybridized carbons (Fsp3) is 1.00. The van der Waals surface area contributed by atoms with E-state index >= 15 is 0 Å². The average molecular weight is 254 g/mol. The van der Waals surface area contributed by atoms with Crippen molar-refractivity contribution in [3.8, 4) is 0 Å². The molecule has 0 saturated carbocycles. The molecule has 0 aromatic rings. The fourth-order valence-corrected chi connectivity index (χ4v) is 3.20. The summed E-state index contributed by atoms with van der Waals surface area (Å²) in [6, 6.07) is 1.49. The lowest BCUT2D eigenvalue weighted by molar-refractivity contribution is -0.00726. The summed E-state index contributed by atoms with van der Waals surface area (Å²) < 4.78 is 0. The predicted octanol–water partition coefficient (Wildman–Crippen LogP) is 3.76. The highest BCUT2D eigenvalue weighted by atomic mass is 15.3. The van der Waals surface area contributed by atoms with Gasteiger partial charge in [0.1, 0.15) is 0 Å². The Bertz CT molecular complexity index is 259. The third kappa shape index (κ3) is 3.71. The number of hydrogen-bond acceptors (Lipinski definition) is 2. The Labute approximate surface area is 115 Å². The van der Waals surface area contributed by atoms with Crippen LogP contribution in [-0.2, 0) is 0 Å². The minimum absolute atomic E-state index is 0.285. The van der Waals surface area contributed by atoms with Gasteiger partial charge in [0.25, 0.3) is 0 Å². The molecule has 0 aromatic carbocycles. The van der Waals surface area contributed by atoms with Gasteiger partial charge in [-0.15, -0.1) is 0 Å². The summed E-state index contributed by atoms with van der Waals surface area (Å²) in [5, 5.41) is 0. The van der Waals surface area contributed by atoms with E-state index in [4.69, 9.17) is 0 Å². The van der Waals surface area contributed by atoms with Crippen LogP contribution in [0.5, 0.6) is 0 Å². The zero-order valence-electron chi connectivity index (χ0n) is 13.9. The van der Waals surface area contributed by atoms with Gasteiger partial charge in [0.2, 0.25) is 0 Å². The minimum Gasteiger partial charge on any atom is -0.298 e. The van der Waals surface area contributed by atoms with Crippen molar-refractivity contribution in [1.82, 2.24) is 9.80 Å². The molecule has 18 heavy (non-hydrogen) atoms. The molecular weight excluding hydrogens is 220 g/mol. The van der Waals surface area contributed by atoms with Crippen LogP contribution in [0.15, 0.2) is 0 Å². The maximum absolute atomic E-state index is 2.71. The van der Waals surface area contributed by atoms with Gasteiger partial charge in [-0.05, 0) is 67.9 Å². The molecule has 1 aliphatic rings. The first-order valence-electron chi connectivity index (χ1n) is 7.57. The van der Waals surface area contributed by atoms with Crippen molar-refractivity contribution in [2.24, 2.45) is 0 Å². The maximum Gasteiger partial charge on any atom is 0.0128 e. The van der Waals surface area contributed by atoms with Gasteiger partial charge in [-0.2, -0.15) is 0 Å². The molecule has 0 radical (unpaired) electrons. The standard InChI is InChI=1S/C16H34N2/c1-9-13-12-14(17(8)15(2,3)4)10-11-18(13)16(5,6)7/h13-14H,9-12H2,1-8H3. The zero-order chi connectivity index (χ0) is 14.1. The molecule has 0 N–H and O–H groups in total. The van der Waals surface area contributed by atoms with Crippen LogP contribution >= 0.6 is 0 Å². The molecule has 0 aromatic heterocycles. The molecule has 2 unspecified atom stereocenters. The smallest absolute Gasteiger partial charge is 0.0128 e. The zero-order valence-corrected chi connectivity index (χ0v) is 13.9. The van der Waals surface area contributed by atoms with Crippen molar-refractivity contribution in [1.29, 1.82) is 0 Å². The summed E-state index contributed by atoms with van der Waals surface area (Å²) in [6.45, 7) is 17.6. The van der Waals surface area contributed by atoms with Crippen molar-refractivity contribution in [3.63, 3.8) is 0 Å². The van der Waals surface area contributed by atoms with E-state index < -0.39 is 0 Å². The van der Waals surface area contributed by atoms with Gasteiger partial charge in [-0.25, -0.2) is 0 Å². The lowest BCUT2D eigenvalue weighted by Gasteiger charge is -2.50. The van der Waals surface area contributed by atoms with Crippen LogP contribution in [0.3, 0.4) is 0 Å². The predicted molar refractivity (Wildman–Crippen MR) is 81.1 cm³/mol. The molecule has 2 atom stereocenters. The highest BCUT2D eigenvalue weighted by Gasteiger charge is 2.36. The Morgan fingerprint density at radius 1 is 1.11 bits per heavy atom. The Hall–Kier alpha value is -0.0800. The molecule has 1 aliphatic heterocycles. The summed E-state index contributed by atoms with van der Waals surface area (Å²) in [6.07, 6.45) is 3.90. The van der Waals surface area contributed by atoms with Gasteiger partial charge in [-0.1, -0.05) is 6.92 Å². The first-order chi connectivity index (χ1) is 8.07. The monoisotopic (exact) mass is 254 g/mol. The largest absolute Gasteiger partial charge is 0.298 e. The SMILES string of the molecule is CCC1CC(N(C)C(C)(C)C)CCN1C(C)(C)C. The third-order valence-corrected chi connectivity index (χ3v) is 4.63. The van der Waals surface area contributed by atoms with E-state index in [0.29, 0.717) is 5.54 Å². The minimum atomic E-state index is 0.285. The molecule has 2 heteroatoms. The summed E-state index contributed by atoms with van der Waals surface area (Å²) >= 11 is 0. The molecule has 0 bridgehead atoms.